The first-order valence-corrected chi connectivity index (χ1v) is 6.39. The molecule has 0 saturated heterocycles. The maximum absolute atomic E-state index is 12.4. The summed E-state index contributed by atoms with van der Waals surface area (Å²) in [5.74, 6) is 0.159. The highest BCUT2D eigenvalue weighted by molar-refractivity contribution is 5.92. The van der Waals surface area contributed by atoms with Crippen LogP contribution in [0.5, 0.6) is 0 Å². The Morgan fingerprint density at radius 2 is 2.19 bits per heavy atom. The molecular weight excluding hydrogens is 270 g/mol. The Morgan fingerprint density at radius 3 is 2.86 bits per heavy atom. The number of nitrogens with zero attached hydrogens (tertiary/aromatic N) is 5. The lowest BCUT2D eigenvalue weighted by Gasteiger charge is -2.15. The smallest absolute Gasteiger partial charge is 0.252 e. The lowest BCUT2D eigenvalue weighted by molar-refractivity contribution is -0.119. The largest absolute Gasteiger partial charge is 0.331 e. The molecule has 2 aromatic heterocycles. The number of tetrazole rings is 1. The third-order valence-corrected chi connectivity index (χ3v) is 3.00. The van der Waals surface area contributed by atoms with E-state index in [-0.39, 0.29) is 5.91 Å². The van der Waals surface area contributed by atoms with Crippen molar-refractivity contribution in [1.82, 2.24) is 30.2 Å². The summed E-state index contributed by atoms with van der Waals surface area (Å²) in [6.45, 7) is 0. The van der Waals surface area contributed by atoms with Gasteiger partial charge in [-0.15, -0.1) is 5.10 Å². The Hall–Kier alpha value is -3.03. The minimum absolute atomic E-state index is 0.235. The van der Waals surface area contributed by atoms with Crippen molar-refractivity contribution in [2.75, 3.05) is 5.32 Å². The molecule has 8 nitrogen and oxygen atoms in total. The van der Waals surface area contributed by atoms with Crippen molar-refractivity contribution in [3.8, 4) is 0 Å². The molecule has 0 aliphatic rings. The van der Waals surface area contributed by atoms with Gasteiger partial charge in [0.15, 0.2) is 0 Å². The van der Waals surface area contributed by atoms with Crippen LogP contribution in [-0.2, 0) is 11.2 Å². The third-order valence-electron chi connectivity index (χ3n) is 3.00. The molecule has 1 amide bonds. The molecule has 3 aromatic rings. The second-order valence-corrected chi connectivity index (χ2v) is 4.42. The molecule has 0 bridgehead atoms. The Bertz CT molecular complexity index is 679. The minimum atomic E-state index is -0.549. The summed E-state index contributed by atoms with van der Waals surface area (Å²) in [5, 5.41) is 13.7. The SMILES string of the molecule is O=C(Nc1ncc[nH]1)[C@H](Cc1ccccc1)n1cnnn1. The number of anilines is 1. The number of nitrogens with one attached hydrogen (secondary N) is 2. The van der Waals surface area contributed by atoms with Gasteiger partial charge in [-0.05, 0) is 16.0 Å². The van der Waals surface area contributed by atoms with Gasteiger partial charge in [0.05, 0.1) is 0 Å². The lowest BCUT2D eigenvalue weighted by atomic mass is 10.1. The molecular formula is C13H13N7O. The van der Waals surface area contributed by atoms with Crippen LogP contribution in [0.4, 0.5) is 5.95 Å². The molecule has 0 aliphatic heterocycles. The van der Waals surface area contributed by atoms with Gasteiger partial charge in [-0.3, -0.25) is 10.1 Å². The third kappa shape index (κ3) is 3.11. The summed E-state index contributed by atoms with van der Waals surface area (Å²) in [5.41, 5.74) is 1.02. The quantitative estimate of drug-likeness (QED) is 0.721. The van der Waals surface area contributed by atoms with Crippen LogP contribution in [0.2, 0.25) is 0 Å². The van der Waals surface area contributed by atoms with Crippen molar-refractivity contribution < 1.29 is 4.79 Å². The van der Waals surface area contributed by atoms with E-state index in [1.807, 2.05) is 30.3 Å². The summed E-state index contributed by atoms with van der Waals surface area (Å²) in [6.07, 6.45) is 5.12. The normalized spacial score (nSPS) is 12.0. The van der Waals surface area contributed by atoms with Crippen molar-refractivity contribution in [3.63, 3.8) is 0 Å². The van der Waals surface area contributed by atoms with Crippen LogP contribution in [0.1, 0.15) is 11.6 Å². The van der Waals surface area contributed by atoms with Crippen molar-refractivity contribution >= 4 is 11.9 Å². The first-order chi connectivity index (χ1) is 10.3. The van der Waals surface area contributed by atoms with Crippen LogP contribution in [0, 0.1) is 0 Å². The van der Waals surface area contributed by atoms with E-state index in [1.54, 1.807) is 12.4 Å². The molecule has 2 N–H and O–H groups in total. The minimum Gasteiger partial charge on any atom is -0.331 e. The molecule has 0 aliphatic carbocycles. The van der Waals surface area contributed by atoms with Crippen LogP contribution in [0.25, 0.3) is 0 Å². The second-order valence-electron chi connectivity index (χ2n) is 4.42. The molecule has 21 heavy (non-hydrogen) atoms. The molecule has 0 saturated carbocycles. The predicted octanol–water partition coefficient (Wildman–Crippen LogP) is 0.819. The highest BCUT2D eigenvalue weighted by Gasteiger charge is 2.22. The van der Waals surface area contributed by atoms with Crippen LogP contribution < -0.4 is 5.32 Å². The summed E-state index contributed by atoms with van der Waals surface area (Å²) in [7, 11) is 0. The molecule has 1 aromatic carbocycles. The Morgan fingerprint density at radius 1 is 1.33 bits per heavy atom. The molecule has 0 spiro atoms. The van der Waals surface area contributed by atoms with Gasteiger partial charge in [-0.25, -0.2) is 9.67 Å². The van der Waals surface area contributed by atoms with E-state index in [1.165, 1.54) is 11.0 Å². The number of H-pyrrole nitrogens is 1. The maximum atomic E-state index is 12.4. The monoisotopic (exact) mass is 283 g/mol. The van der Waals surface area contributed by atoms with E-state index >= 15 is 0 Å². The fourth-order valence-corrected chi connectivity index (χ4v) is 1.99. The highest BCUT2D eigenvalue weighted by Crippen LogP contribution is 2.14. The fourth-order valence-electron chi connectivity index (χ4n) is 1.99. The standard InChI is InChI=1S/C13H13N7O/c21-12(17-13-14-6-7-15-13)11(20-9-16-18-19-20)8-10-4-2-1-3-5-10/h1-7,9,11H,8H2,(H2,14,15,17,21)/t11-/m0/s1. The molecule has 2 heterocycles. The van der Waals surface area contributed by atoms with Crippen molar-refractivity contribution in [2.45, 2.75) is 12.5 Å². The average Bonchev–Trinajstić information content (AvgIpc) is 3.19. The van der Waals surface area contributed by atoms with Gasteiger partial charge in [-0.1, -0.05) is 30.3 Å². The number of imidazole rings is 1. The summed E-state index contributed by atoms with van der Waals surface area (Å²) < 4.78 is 1.44. The zero-order valence-electron chi connectivity index (χ0n) is 11.0. The van der Waals surface area contributed by atoms with Crippen molar-refractivity contribution in [1.29, 1.82) is 0 Å². The van der Waals surface area contributed by atoms with E-state index < -0.39 is 6.04 Å². The number of aromatic amines is 1. The van der Waals surface area contributed by atoms with Crippen LogP contribution in [0.3, 0.4) is 0 Å². The molecule has 106 valence electrons. The van der Waals surface area contributed by atoms with Crippen LogP contribution in [-0.4, -0.2) is 36.1 Å². The first kappa shape index (κ1) is 13.0. The average molecular weight is 283 g/mol. The van der Waals surface area contributed by atoms with Gasteiger partial charge in [0.1, 0.15) is 12.4 Å². The van der Waals surface area contributed by atoms with Gasteiger partial charge < -0.3 is 4.98 Å². The molecule has 0 radical (unpaired) electrons. The van der Waals surface area contributed by atoms with Crippen LogP contribution >= 0.6 is 0 Å². The number of aromatic nitrogens is 6. The zero-order chi connectivity index (χ0) is 14.5. The van der Waals surface area contributed by atoms with E-state index in [4.69, 9.17) is 0 Å². The Balaban J connectivity index is 1.81. The Labute approximate surface area is 120 Å². The summed E-state index contributed by atoms with van der Waals surface area (Å²) >= 11 is 0. The van der Waals surface area contributed by atoms with Crippen LogP contribution in [0.15, 0.2) is 49.1 Å². The number of amides is 1. The number of carbonyl (C=O) groups excluding carboxylic acids is 1. The van der Waals surface area contributed by atoms with Gasteiger partial charge in [0.2, 0.25) is 5.95 Å². The zero-order valence-corrected chi connectivity index (χ0v) is 11.0. The molecule has 8 heteroatoms. The van der Waals surface area contributed by atoms with Crippen molar-refractivity contribution in [3.05, 3.63) is 54.6 Å². The van der Waals surface area contributed by atoms with E-state index in [9.17, 15) is 4.79 Å². The topological polar surface area (TPSA) is 101 Å². The van der Waals surface area contributed by atoms with Gasteiger partial charge in [0.25, 0.3) is 5.91 Å². The van der Waals surface area contributed by atoms with Gasteiger partial charge in [0, 0.05) is 18.8 Å². The maximum Gasteiger partial charge on any atom is 0.252 e. The summed E-state index contributed by atoms with van der Waals surface area (Å²) in [4.78, 5) is 19.2. The van der Waals surface area contributed by atoms with E-state index in [0.29, 0.717) is 12.4 Å². The first-order valence-electron chi connectivity index (χ1n) is 6.39. The van der Waals surface area contributed by atoms with Gasteiger partial charge in [-0.2, -0.15) is 0 Å². The fraction of sp³-hybridized carbons (Fsp3) is 0.154. The predicted molar refractivity (Wildman–Crippen MR) is 74.2 cm³/mol. The van der Waals surface area contributed by atoms with Gasteiger partial charge >= 0.3 is 0 Å². The molecule has 0 unspecified atom stereocenters. The van der Waals surface area contributed by atoms with E-state index in [2.05, 4.69) is 30.8 Å². The summed E-state index contributed by atoms with van der Waals surface area (Å²) in [6, 6.07) is 9.15. The second kappa shape index (κ2) is 5.95. The molecule has 3 rings (SSSR count). The number of benzene rings is 1. The lowest BCUT2D eigenvalue weighted by Crippen LogP contribution is -2.28. The molecule has 0 fully saturated rings. The number of hydrogen-bond acceptors (Lipinski definition) is 5. The highest BCUT2D eigenvalue weighted by atomic mass is 16.2. The molecule has 1 atom stereocenters. The Kier molecular flexibility index (Phi) is 3.68. The number of carbonyl (C=O) groups is 1. The number of hydrogen-bond donors (Lipinski definition) is 2. The number of rotatable bonds is 5. The van der Waals surface area contributed by atoms with E-state index in [0.717, 1.165) is 5.56 Å². The van der Waals surface area contributed by atoms with Crippen molar-refractivity contribution in [2.24, 2.45) is 0 Å².